The van der Waals surface area contributed by atoms with Crippen LogP contribution in [-0.2, 0) is 11.2 Å². The van der Waals surface area contributed by atoms with Crippen molar-refractivity contribution in [2.75, 3.05) is 0 Å². The smallest absolute Gasteiger partial charge is 0.123 e. The number of aldehydes is 1. The Bertz CT molecular complexity index is 504. The Hall–Kier alpha value is -1.64. The molecule has 0 bridgehead atoms. The predicted octanol–water partition coefficient (Wildman–Crippen LogP) is 3.07. The van der Waals surface area contributed by atoms with Crippen molar-refractivity contribution in [3.05, 3.63) is 35.8 Å². The summed E-state index contributed by atoms with van der Waals surface area (Å²) < 4.78 is 13.1. The number of carbonyl (C=O) groups excluding carboxylic acids is 1. The van der Waals surface area contributed by atoms with Crippen LogP contribution in [0.1, 0.15) is 18.9 Å². The van der Waals surface area contributed by atoms with E-state index in [-0.39, 0.29) is 11.7 Å². The minimum Gasteiger partial charge on any atom is -0.361 e. The van der Waals surface area contributed by atoms with Gasteiger partial charge in [0, 0.05) is 23.0 Å². The first kappa shape index (κ1) is 10.9. The van der Waals surface area contributed by atoms with Crippen molar-refractivity contribution >= 4 is 17.2 Å². The number of benzene rings is 1. The molecule has 0 spiro atoms. The zero-order chi connectivity index (χ0) is 11.5. The molecule has 1 heterocycles. The van der Waals surface area contributed by atoms with Gasteiger partial charge >= 0.3 is 0 Å². The molecule has 0 amide bonds. The third-order valence-corrected chi connectivity index (χ3v) is 2.83. The van der Waals surface area contributed by atoms with Crippen LogP contribution in [0.15, 0.2) is 24.4 Å². The Kier molecular flexibility index (Phi) is 3.04. The molecule has 0 aliphatic heterocycles. The molecule has 1 aromatic carbocycles. The maximum atomic E-state index is 13.1. The lowest BCUT2D eigenvalue weighted by atomic mass is 10.0. The fraction of sp³-hybridized carbons (Fsp3) is 0.308. The van der Waals surface area contributed by atoms with E-state index in [1.54, 1.807) is 6.07 Å². The van der Waals surface area contributed by atoms with Crippen LogP contribution in [0.4, 0.5) is 4.39 Å². The minimum atomic E-state index is -0.225. The Morgan fingerprint density at radius 1 is 1.50 bits per heavy atom. The molecule has 1 aromatic heterocycles. The molecule has 0 radical (unpaired) electrons. The van der Waals surface area contributed by atoms with Gasteiger partial charge in [0.25, 0.3) is 0 Å². The molecule has 0 unspecified atom stereocenters. The zero-order valence-electron chi connectivity index (χ0n) is 9.16. The molecule has 1 atom stereocenters. The number of aromatic nitrogens is 1. The Balaban J connectivity index is 2.24. The van der Waals surface area contributed by atoms with Crippen LogP contribution in [0.25, 0.3) is 10.9 Å². The first-order valence-corrected chi connectivity index (χ1v) is 5.41. The lowest BCUT2D eigenvalue weighted by molar-refractivity contribution is -0.110. The van der Waals surface area contributed by atoms with Crippen LogP contribution in [0.2, 0.25) is 0 Å². The van der Waals surface area contributed by atoms with Crippen LogP contribution in [-0.4, -0.2) is 11.3 Å². The van der Waals surface area contributed by atoms with Crippen molar-refractivity contribution in [3.63, 3.8) is 0 Å². The molecule has 0 saturated heterocycles. The number of aromatic amines is 1. The average Bonchev–Trinajstić information content (AvgIpc) is 2.68. The van der Waals surface area contributed by atoms with Gasteiger partial charge in [-0.2, -0.15) is 0 Å². The van der Waals surface area contributed by atoms with E-state index in [0.717, 1.165) is 35.6 Å². The number of halogens is 1. The summed E-state index contributed by atoms with van der Waals surface area (Å²) in [5.74, 6) is -0.171. The number of rotatable bonds is 4. The molecule has 84 valence electrons. The van der Waals surface area contributed by atoms with E-state index in [0.29, 0.717) is 0 Å². The largest absolute Gasteiger partial charge is 0.361 e. The highest BCUT2D eigenvalue weighted by Crippen LogP contribution is 2.21. The molecule has 2 nitrogen and oxygen atoms in total. The maximum absolute atomic E-state index is 13.1. The van der Waals surface area contributed by atoms with Gasteiger partial charge in [-0.05, 0) is 36.6 Å². The molecule has 0 saturated carbocycles. The lowest BCUT2D eigenvalue weighted by Crippen LogP contribution is -1.97. The molecule has 0 aliphatic rings. The summed E-state index contributed by atoms with van der Waals surface area (Å²) in [6.45, 7) is 1.89. The number of hydrogen-bond acceptors (Lipinski definition) is 1. The summed E-state index contributed by atoms with van der Waals surface area (Å²) in [5.41, 5.74) is 2.01. The lowest BCUT2D eigenvalue weighted by Gasteiger charge is -2.02. The van der Waals surface area contributed by atoms with Crippen LogP contribution < -0.4 is 0 Å². The van der Waals surface area contributed by atoms with Gasteiger partial charge in [0.15, 0.2) is 0 Å². The van der Waals surface area contributed by atoms with Gasteiger partial charge in [-0.25, -0.2) is 4.39 Å². The SMILES string of the molecule is C[C@H](C=O)CCc1c[nH]c2ccc(F)cc12. The number of nitrogens with one attached hydrogen (secondary N) is 1. The van der Waals surface area contributed by atoms with Crippen molar-refractivity contribution in [3.8, 4) is 0 Å². The molecule has 2 rings (SSSR count). The number of H-pyrrole nitrogens is 1. The number of fused-ring (bicyclic) bond motifs is 1. The summed E-state index contributed by atoms with van der Waals surface area (Å²) in [6.07, 6.45) is 4.44. The fourth-order valence-electron chi connectivity index (χ4n) is 1.81. The third-order valence-electron chi connectivity index (χ3n) is 2.83. The number of aryl methyl sites for hydroxylation is 1. The third kappa shape index (κ3) is 2.13. The highest BCUT2D eigenvalue weighted by atomic mass is 19.1. The van der Waals surface area contributed by atoms with Gasteiger partial charge in [0.05, 0.1) is 0 Å². The monoisotopic (exact) mass is 219 g/mol. The van der Waals surface area contributed by atoms with Crippen molar-refractivity contribution < 1.29 is 9.18 Å². The molecule has 2 aromatic rings. The summed E-state index contributed by atoms with van der Waals surface area (Å²) in [5, 5.41) is 0.915. The van der Waals surface area contributed by atoms with Crippen molar-refractivity contribution in [1.29, 1.82) is 0 Å². The molecule has 16 heavy (non-hydrogen) atoms. The van der Waals surface area contributed by atoms with Crippen LogP contribution in [0.5, 0.6) is 0 Å². The van der Waals surface area contributed by atoms with Gasteiger partial charge < -0.3 is 9.78 Å². The molecule has 3 heteroatoms. The standard InChI is InChI=1S/C13H14FNO/c1-9(8-16)2-3-10-7-15-13-5-4-11(14)6-12(10)13/h4-9,15H,2-3H2,1H3/t9-/m0/s1. The Labute approximate surface area is 93.5 Å². The molecular formula is C13H14FNO. The van der Waals surface area contributed by atoms with E-state index < -0.39 is 0 Å². The first-order chi connectivity index (χ1) is 7.70. The van der Waals surface area contributed by atoms with E-state index in [1.165, 1.54) is 12.1 Å². The van der Waals surface area contributed by atoms with Crippen molar-refractivity contribution in [1.82, 2.24) is 4.98 Å². The molecular weight excluding hydrogens is 205 g/mol. The number of hydrogen-bond donors (Lipinski definition) is 1. The van der Waals surface area contributed by atoms with Crippen LogP contribution in [0.3, 0.4) is 0 Å². The highest BCUT2D eigenvalue weighted by molar-refractivity contribution is 5.83. The Morgan fingerprint density at radius 3 is 3.06 bits per heavy atom. The van der Waals surface area contributed by atoms with E-state index >= 15 is 0 Å². The summed E-state index contributed by atoms with van der Waals surface area (Å²) in [4.78, 5) is 13.6. The predicted molar refractivity (Wildman–Crippen MR) is 61.8 cm³/mol. The zero-order valence-corrected chi connectivity index (χ0v) is 9.16. The van der Waals surface area contributed by atoms with Gasteiger partial charge in [-0.3, -0.25) is 0 Å². The van der Waals surface area contributed by atoms with Crippen molar-refractivity contribution in [2.24, 2.45) is 5.92 Å². The normalized spacial score (nSPS) is 12.9. The topological polar surface area (TPSA) is 32.9 Å². The fourth-order valence-corrected chi connectivity index (χ4v) is 1.81. The van der Waals surface area contributed by atoms with Crippen molar-refractivity contribution in [2.45, 2.75) is 19.8 Å². The van der Waals surface area contributed by atoms with E-state index in [1.807, 2.05) is 13.1 Å². The van der Waals surface area contributed by atoms with Gasteiger partial charge in [0.2, 0.25) is 0 Å². The molecule has 0 aliphatic carbocycles. The molecule has 1 N–H and O–H groups in total. The summed E-state index contributed by atoms with van der Waals surface area (Å²) in [7, 11) is 0. The second kappa shape index (κ2) is 4.47. The molecule has 0 fully saturated rings. The van der Waals surface area contributed by atoms with Crippen LogP contribution >= 0.6 is 0 Å². The maximum Gasteiger partial charge on any atom is 0.123 e. The van der Waals surface area contributed by atoms with E-state index in [9.17, 15) is 9.18 Å². The Morgan fingerprint density at radius 2 is 2.31 bits per heavy atom. The number of carbonyl (C=O) groups is 1. The van der Waals surface area contributed by atoms with Gasteiger partial charge in [-0.1, -0.05) is 6.92 Å². The van der Waals surface area contributed by atoms with E-state index in [4.69, 9.17) is 0 Å². The van der Waals surface area contributed by atoms with Gasteiger partial charge in [0.1, 0.15) is 12.1 Å². The highest BCUT2D eigenvalue weighted by Gasteiger charge is 2.06. The minimum absolute atomic E-state index is 0.0542. The van der Waals surface area contributed by atoms with E-state index in [2.05, 4.69) is 4.98 Å². The average molecular weight is 219 g/mol. The first-order valence-electron chi connectivity index (χ1n) is 5.41. The summed E-state index contributed by atoms with van der Waals surface area (Å²) in [6, 6.07) is 4.71. The second-order valence-corrected chi connectivity index (χ2v) is 4.16. The summed E-state index contributed by atoms with van der Waals surface area (Å²) >= 11 is 0. The van der Waals surface area contributed by atoms with Crippen LogP contribution in [0, 0.1) is 11.7 Å². The van der Waals surface area contributed by atoms with Gasteiger partial charge in [-0.15, -0.1) is 0 Å². The quantitative estimate of drug-likeness (QED) is 0.787. The second-order valence-electron chi connectivity index (χ2n) is 4.16.